The highest BCUT2D eigenvalue weighted by molar-refractivity contribution is 6.50. The van der Waals surface area contributed by atoms with Gasteiger partial charge in [0.1, 0.15) is 17.2 Å². The normalized spacial score (nSPS) is 11.3. The van der Waals surface area contributed by atoms with Crippen molar-refractivity contribution in [1.29, 1.82) is 0 Å². The molecule has 21 heavy (non-hydrogen) atoms. The van der Waals surface area contributed by atoms with Crippen LogP contribution >= 0.6 is 0 Å². The summed E-state index contributed by atoms with van der Waals surface area (Å²) in [5.41, 5.74) is 1.88. The largest absolute Gasteiger partial charge is 0.673 e. The number of aromatic nitrogens is 2. The Labute approximate surface area is 117 Å². The number of benzene rings is 1. The van der Waals surface area contributed by atoms with Gasteiger partial charge in [-0.2, -0.15) is 13.8 Å². The molecule has 8 heteroatoms. The lowest BCUT2D eigenvalue weighted by Gasteiger charge is -2.01. The van der Waals surface area contributed by atoms with Crippen LogP contribution in [0.3, 0.4) is 0 Å². The van der Waals surface area contributed by atoms with Crippen LogP contribution in [0.4, 0.5) is 17.3 Å². The second kappa shape index (κ2) is 5.55. The van der Waals surface area contributed by atoms with Gasteiger partial charge in [-0.1, -0.05) is 18.2 Å². The second-order valence-corrected chi connectivity index (χ2v) is 4.31. The molecule has 3 aromatic rings. The summed E-state index contributed by atoms with van der Waals surface area (Å²) >= 11 is 0. The SMILES string of the molecule is C[n+]1c(=O)n2ccccc2c2ccccc21.F[B-](F)(F)F. The molecule has 3 nitrogen and oxygen atoms in total. The molecule has 0 amide bonds. The Hall–Kier alpha value is -2.38. The Bertz CT molecular complexity index is 839. The Kier molecular flexibility index (Phi) is 3.97. The van der Waals surface area contributed by atoms with Crippen LogP contribution in [0.5, 0.6) is 0 Å². The van der Waals surface area contributed by atoms with Crippen molar-refractivity contribution in [3.8, 4) is 0 Å². The number of pyridine rings is 1. The van der Waals surface area contributed by atoms with E-state index in [0.717, 1.165) is 16.4 Å². The lowest BCUT2D eigenvalue weighted by Crippen LogP contribution is -2.50. The summed E-state index contributed by atoms with van der Waals surface area (Å²) in [6.45, 7) is 0. The van der Waals surface area contributed by atoms with Crippen LogP contribution in [0.1, 0.15) is 0 Å². The first-order valence-electron chi connectivity index (χ1n) is 6.04. The first kappa shape index (κ1) is 15.0. The molecule has 0 radical (unpaired) electrons. The topological polar surface area (TPSA) is 25.4 Å². The number of aryl methyl sites for hydroxylation is 1. The fraction of sp³-hybridized carbons (Fsp3) is 0.0769. The van der Waals surface area contributed by atoms with Crippen LogP contribution < -0.4 is 10.3 Å². The van der Waals surface area contributed by atoms with Crippen LogP contribution in [-0.4, -0.2) is 11.7 Å². The van der Waals surface area contributed by atoms with Gasteiger partial charge in [0.2, 0.25) is 0 Å². The van der Waals surface area contributed by atoms with Crippen LogP contribution in [-0.2, 0) is 7.05 Å². The maximum atomic E-state index is 12.1. The molecule has 3 rings (SSSR count). The van der Waals surface area contributed by atoms with Crippen molar-refractivity contribution in [1.82, 2.24) is 4.40 Å². The third-order valence-corrected chi connectivity index (χ3v) is 2.89. The molecule has 0 spiro atoms. The van der Waals surface area contributed by atoms with Gasteiger partial charge >= 0.3 is 12.9 Å². The van der Waals surface area contributed by atoms with Gasteiger partial charge < -0.3 is 17.3 Å². The average Bonchev–Trinajstić information content (AvgIpc) is 2.43. The number of nitrogens with zero attached hydrogens (tertiary/aromatic N) is 2. The first-order chi connectivity index (χ1) is 9.79. The molecule has 0 aliphatic carbocycles. The summed E-state index contributed by atoms with van der Waals surface area (Å²) in [6, 6.07) is 13.7. The molecule has 0 saturated heterocycles. The maximum Gasteiger partial charge on any atom is 0.673 e. The van der Waals surface area contributed by atoms with Gasteiger partial charge in [-0.3, -0.25) is 0 Å². The van der Waals surface area contributed by atoms with E-state index in [2.05, 4.69) is 0 Å². The zero-order valence-corrected chi connectivity index (χ0v) is 11.0. The zero-order chi connectivity index (χ0) is 15.6. The molecule has 0 saturated carbocycles. The van der Waals surface area contributed by atoms with Crippen LogP contribution in [0, 0.1) is 0 Å². The van der Waals surface area contributed by atoms with Crippen LogP contribution in [0.2, 0.25) is 0 Å². The van der Waals surface area contributed by atoms with Gasteiger partial charge in [-0.05, 0) is 24.3 Å². The molecule has 0 aliphatic heterocycles. The molecule has 0 bridgehead atoms. The third-order valence-electron chi connectivity index (χ3n) is 2.89. The second-order valence-electron chi connectivity index (χ2n) is 4.31. The summed E-state index contributed by atoms with van der Waals surface area (Å²) in [7, 11) is -4.20. The van der Waals surface area contributed by atoms with Crippen molar-refractivity contribution in [2.45, 2.75) is 0 Å². The van der Waals surface area contributed by atoms with E-state index in [9.17, 15) is 22.1 Å². The fourth-order valence-electron chi connectivity index (χ4n) is 2.08. The van der Waals surface area contributed by atoms with Crippen LogP contribution in [0.15, 0.2) is 53.5 Å². The van der Waals surface area contributed by atoms with Crippen molar-refractivity contribution in [2.24, 2.45) is 7.05 Å². The van der Waals surface area contributed by atoms with E-state index < -0.39 is 7.25 Å². The molecular weight excluding hydrogens is 287 g/mol. The molecular formula is C13H11BF4N2O. The predicted octanol–water partition coefficient (Wildman–Crippen LogP) is 2.58. The summed E-state index contributed by atoms with van der Waals surface area (Å²) in [6.07, 6.45) is 1.80. The van der Waals surface area contributed by atoms with E-state index >= 15 is 0 Å². The third kappa shape index (κ3) is 3.39. The van der Waals surface area contributed by atoms with E-state index in [-0.39, 0.29) is 5.69 Å². The Morgan fingerprint density at radius 3 is 2.24 bits per heavy atom. The molecule has 0 N–H and O–H groups in total. The minimum atomic E-state index is -6.00. The number of para-hydroxylation sites is 1. The van der Waals surface area contributed by atoms with E-state index in [4.69, 9.17) is 0 Å². The fourth-order valence-corrected chi connectivity index (χ4v) is 2.08. The minimum absolute atomic E-state index is 0.0192. The zero-order valence-electron chi connectivity index (χ0n) is 11.0. The van der Waals surface area contributed by atoms with Gasteiger partial charge in [0, 0.05) is 0 Å². The van der Waals surface area contributed by atoms with Crippen molar-refractivity contribution < 1.29 is 21.8 Å². The summed E-state index contributed by atoms with van der Waals surface area (Å²) in [5.74, 6) is 0. The van der Waals surface area contributed by atoms with Gasteiger partial charge in [0.05, 0.1) is 12.4 Å². The molecule has 0 atom stereocenters. The molecule has 1 aromatic carbocycles. The van der Waals surface area contributed by atoms with Gasteiger partial charge in [0.15, 0.2) is 0 Å². The molecule has 2 aromatic heterocycles. The molecule has 0 unspecified atom stereocenters. The predicted molar refractivity (Wildman–Crippen MR) is 72.5 cm³/mol. The molecule has 110 valence electrons. The van der Waals surface area contributed by atoms with E-state index in [1.54, 1.807) is 22.2 Å². The Balaban J connectivity index is 0.000000282. The van der Waals surface area contributed by atoms with Gasteiger partial charge in [-0.25, -0.2) is 0 Å². The standard InChI is InChI=1S/C13H11N2O.BF4/c1-14-11-7-3-2-6-10(11)12-8-4-5-9-15(12)13(14)16;2-1(3,4)5/h2-9H,1H3;/q+1;-1. The maximum absolute atomic E-state index is 12.1. The summed E-state index contributed by atoms with van der Waals surface area (Å²) in [5, 5.41) is 1.09. The smallest absolute Gasteiger partial charge is 0.418 e. The van der Waals surface area contributed by atoms with Crippen molar-refractivity contribution in [3.63, 3.8) is 0 Å². The van der Waals surface area contributed by atoms with Crippen LogP contribution in [0.25, 0.3) is 16.4 Å². The summed E-state index contributed by atoms with van der Waals surface area (Å²) < 4.78 is 42.3. The number of hydrogen-bond donors (Lipinski definition) is 0. The van der Waals surface area contributed by atoms with Crippen molar-refractivity contribution in [3.05, 3.63) is 59.1 Å². The molecule has 2 heterocycles. The number of fused-ring (bicyclic) bond motifs is 3. The van der Waals surface area contributed by atoms with Gasteiger partial charge in [-0.15, -0.1) is 0 Å². The average molecular weight is 298 g/mol. The van der Waals surface area contributed by atoms with Crippen molar-refractivity contribution in [2.75, 3.05) is 0 Å². The number of rotatable bonds is 0. The lowest BCUT2D eigenvalue weighted by atomic mass is 10.2. The quantitative estimate of drug-likeness (QED) is 0.271. The lowest BCUT2D eigenvalue weighted by molar-refractivity contribution is -0.663. The number of halogens is 4. The highest BCUT2D eigenvalue weighted by Gasteiger charge is 2.20. The monoisotopic (exact) mass is 298 g/mol. The summed E-state index contributed by atoms with van der Waals surface area (Å²) in [4.78, 5) is 12.1. The van der Waals surface area contributed by atoms with E-state index in [1.807, 2.05) is 42.5 Å². The highest BCUT2D eigenvalue weighted by Crippen LogP contribution is 2.14. The van der Waals surface area contributed by atoms with E-state index in [0.29, 0.717) is 0 Å². The molecule has 0 fully saturated rings. The van der Waals surface area contributed by atoms with Crippen molar-refractivity contribution >= 4 is 23.7 Å². The Morgan fingerprint density at radius 1 is 1.00 bits per heavy atom. The molecule has 0 aliphatic rings. The highest BCUT2D eigenvalue weighted by atomic mass is 19.5. The van der Waals surface area contributed by atoms with E-state index in [1.165, 1.54) is 0 Å². The minimum Gasteiger partial charge on any atom is -0.418 e. The number of hydrogen-bond acceptors (Lipinski definition) is 1. The Morgan fingerprint density at radius 2 is 1.57 bits per heavy atom. The van der Waals surface area contributed by atoms with Gasteiger partial charge in [0.25, 0.3) is 0 Å². The first-order valence-corrected chi connectivity index (χ1v) is 6.04.